The highest BCUT2D eigenvalue weighted by atomic mass is 35.5. The first kappa shape index (κ1) is 11.5. The summed E-state index contributed by atoms with van der Waals surface area (Å²) in [4.78, 5) is 2.06. The quantitative estimate of drug-likeness (QED) is 0.897. The number of halogens is 2. The van der Waals surface area contributed by atoms with E-state index in [0.29, 0.717) is 31.1 Å². The maximum absolute atomic E-state index is 13.7. The molecule has 1 aliphatic carbocycles. The van der Waals surface area contributed by atoms with Crippen LogP contribution in [0.1, 0.15) is 18.4 Å². The molecule has 0 unspecified atom stereocenters. The smallest absolute Gasteiger partial charge is 0.146 e. The molecule has 2 aliphatic rings. The summed E-state index contributed by atoms with van der Waals surface area (Å²) in [5.74, 6) is 0.138. The second kappa shape index (κ2) is 3.94. The highest BCUT2D eigenvalue weighted by molar-refractivity contribution is 6.30. The molecule has 1 aromatic carbocycles. The Bertz CT molecular complexity index is 441. The Morgan fingerprint density at radius 1 is 1.41 bits per heavy atom. The summed E-state index contributed by atoms with van der Waals surface area (Å²) in [6, 6.07) is 5.06. The predicted octanol–water partition coefficient (Wildman–Crippen LogP) is 2.44. The van der Waals surface area contributed by atoms with Crippen LogP contribution in [0.5, 0.6) is 0 Å². The minimum Gasteiger partial charge on any atom is -0.387 e. The first-order valence-electron chi connectivity index (χ1n) is 5.96. The Labute approximate surface area is 105 Å². The van der Waals surface area contributed by atoms with Crippen molar-refractivity contribution in [1.29, 1.82) is 0 Å². The van der Waals surface area contributed by atoms with Crippen molar-refractivity contribution in [3.05, 3.63) is 34.6 Å². The van der Waals surface area contributed by atoms with E-state index in [-0.39, 0.29) is 10.8 Å². The van der Waals surface area contributed by atoms with Gasteiger partial charge in [0.05, 0.1) is 10.6 Å². The Kier molecular flexibility index (Phi) is 2.65. The van der Waals surface area contributed by atoms with Crippen molar-refractivity contribution < 1.29 is 9.50 Å². The summed E-state index contributed by atoms with van der Waals surface area (Å²) in [6.07, 6.45) is 2.27. The van der Waals surface area contributed by atoms with E-state index in [1.807, 2.05) is 0 Å². The van der Waals surface area contributed by atoms with Crippen molar-refractivity contribution in [3.8, 4) is 0 Å². The zero-order valence-electron chi connectivity index (χ0n) is 9.50. The third-order valence-corrected chi connectivity index (χ3v) is 4.05. The Morgan fingerprint density at radius 2 is 2.12 bits per heavy atom. The van der Waals surface area contributed by atoms with Crippen molar-refractivity contribution >= 4 is 11.6 Å². The Morgan fingerprint density at radius 3 is 2.76 bits per heavy atom. The van der Waals surface area contributed by atoms with Crippen LogP contribution in [-0.2, 0) is 6.54 Å². The maximum Gasteiger partial charge on any atom is 0.146 e. The van der Waals surface area contributed by atoms with Gasteiger partial charge in [0.1, 0.15) is 5.82 Å². The van der Waals surface area contributed by atoms with E-state index in [4.69, 9.17) is 11.6 Å². The van der Waals surface area contributed by atoms with Crippen LogP contribution >= 0.6 is 11.6 Å². The van der Waals surface area contributed by atoms with Gasteiger partial charge in [0.25, 0.3) is 0 Å². The Hall–Kier alpha value is -0.640. The number of β-amino-alcohol motifs (C(OH)–C–C–N with tert-alkyl or cyclic N) is 1. The van der Waals surface area contributed by atoms with Crippen molar-refractivity contribution in [2.45, 2.75) is 25.0 Å². The third kappa shape index (κ3) is 2.07. The fraction of sp³-hybridized carbons (Fsp3) is 0.538. The van der Waals surface area contributed by atoms with Crippen LogP contribution in [0.2, 0.25) is 5.02 Å². The highest BCUT2D eigenvalue weighted by Gasteiger charge is 2.51. The standard InChI is InChI=1S/C13H15ClFNO/c14-11-3-1-2-9(12(11)15)6-16-7-13(17,8-16)10-4-5-10/h1-3,10,17H,4-8H2. The molecule has 0 amide bonds. The van der Waals surface area contributed by atoms with Gasteiger partial charge in [-0.3, -0.25) is 4.90 Å². The number of hydrogen-bond donors (Lipinski definition) is 1. The van der Waals surface area contributed by atoms with Crippen LogP contribution < -0.4 is 0 Å². The summed E-state index contributed by atoms with van der Waals surface area (Å²) in [5.41, 5.74) is 0.102. The number of rotatable bonds is 3. The number of hydrogen-bond acceptors (Lipinski definition) is 2. The van der Waals surface area contributed by atoms with E-state index >= 15 is 0 Å². The number of benzene rings is 1. The van der Waals surface area contributed by atoms with Gasteiger partial charge < -0.3 is 5.11 Å². The molecule has 4 heteroatoms. The van der Waals surface area contributed by atoms with E-state index in [1.54, 1.807) is 18.2 Å². The molecule has 1 saturated carbocycles. The van der Waals surface area contributed by atoms with Gasteiger partial charge in [0.2, 0.25) is 0 Å². The average Bonchev–Trinajstić information content (AvgIpc) is 3.06. The molecular weight excluding hydrogens is 241 g/mol. The lowest BCUT2D eigenvalue weighted by Crippen LogP contribution is -2.62. The van der Waals surface area contributed by atoms with Crippen molar-refractivity contribution in [2.75, 3.05) is 13.1 Å². The van der Waals surface area contributed by atoms with E-state index in [2.05, 4.69) is 4.90 Å². The summed E-state index contributed by atoms with van der Waals surface area (Å²) < 4.78 is 13.7. The minimum atomic E-state index is -0.505. The fourth-order valence-corrected chi connectivity index (χ4v) is 2.82. The van der Waals surface area contributed by atoms with E-state index in [1.165, 1.54) is 0 Å². The molecule has 1 saturated heterocycles. The van der Waals surface area contributed by atoms with Gasteiger partial charge in [-0.1, -0.05) is 23.7 Å². The number of aliphatic hydroxyl groups is 1. The molecule has 1 heterocycles. The molecule has 0 aromatic heterocycles. The molecule has 3 rings (SSSR count). The lowest BCUT2D eigenvalue weighted by Gasteiger charge is -2.47. The fourth-order valence-electron chi connectivity index (χ4n) is 2.63. The molecule has 1 aliphatic heterocycles. The van der Waals surface area contributed by atoms with Crippen molar-refractivity contribution in [1.82, 2.24) is 4.90 Å². The molecule has 2 nitrogen and oxygen atoms in total. The van der Waals surface area contributed by atoms with E-state index in [0.717, 1.165) is 12.8 Å². The van der Waals surface area contributed by atoms with Crippen LogP contribution in [-0.4, -0.2) is 28.7 Å². The zero-order valence-corrected chi connectivity index (χ0v) is 10.3. The highest BCUT2D eigenvalue weighted by Crippen LogP contribution is 2.44. The molecule has 0 radical (unpaired) electrons. The van der Waals surface area contributed by atoms with Crippen LogP contribution in [0.15, 0.2) is 18.2 Å². The average molecular weight is 256 g/mol. The predicted molar refractivity (Wildman–Crippen MR) is 64.4 cm³/mol. The van der Waals surface area contributed by atoms with Gasteiger partial charge in [-0.2, -0.15) is 0 Å². The molecule has 0 spiro atoms. The summed E-state index contributed by atoms with van der Waals surface area (Å²) >= 11 is 5.73. The minimum absolute atomic E-state index is 0.167. The first-order valence-corrected chi connectivity index (χ1v) is 6.34. The summed E-state index contributed by atoms with van der Waals surface area (Å²) in [6.45, 7) is 1.84. The van der Waals surface area contributed by atoms with Crippen LogP contribution in [0.3, 0.4) is 0 Å². The van der Waals surface area contributed by atoms with Crippen LogP contribution in [0.4, 0.5) is 4.39 Å². The van der Waals surface area contributed by atoms with E-state index < -0.39 is 5.60 Å². The van der Waals surface area contributed by atoms with Gasteiger partial charge in [0, 0.05) is 25.2 Å². The largest absolute Gasteiger partial charge is 0.387 e. The number of likely N-dealkylation sites (tertiary alicyclic amines) is 1. The van der Waals surface area contributed by atoms with Gasteiger partial charge >= 0.3 is 0 Å². The Balaban J connectivity index is 1.63. The molecule has 17 heavy (non-hydrogen) atoms. The summed E-state index contributed by atoms with van der Waals surface area (Å²) in [7, 11) is 0. The first-order chi connectivity index (χ1) is 8.08. The van der Waals surface area contributed by atoms with Crippen LogP contribution in [0, 0.1) is 11.7 Å². The van der Waals surface area contributed by atoms with Gasteiger partial charge in [-0.25, -0.2) is 4.39 Å². The SMILES string of the molecule is OC1(C2CC2)CN(Cc2cccc(Cl)c2F)C1. The second-order valence-corrected chi connectivity index (χ2v) is 5.64. The van der Waals surface area contributed by atoms with Gasteiger partial charge in [-0.15, -0.1) is 0 Å². The molecule has 1 aromatic rings. The second-order valence-electron chi connectivity index (χ2n) is 5.24. The lowest BCUT2D eigenvalue weighted by molar-refractivity contribution is -0.116. The summed E-state index contributed by atoms with van der Waals surface area (Å²) in [5, 5.41) is 10.3. The van der Waals surface area contributed by atoms with Crippen molar-refractivity contribution in [2.24, 2.45) is 5.92 Å². The maximum atomic E-state index is 13.7. The van der Waals surface area contributed by atoms with Gasteiger partial charge in [0.15, 0.2) is 0 Å². The van der Waals surface area contributed by atoms with E-state index in [9.17, 15) is 9.50 Å². The number of nitrogens with zero attached hydrogens (tertiary/aromatic N) is 1. The molecule has 0 bridgehead atoms. The molecule has 2 fully saturated rings. The monoisotopic (exact) mass is 255 g/mol. The lowest BCUT2D eigenvalue weighted by atomic mass is 9.88. The van der Waals surface area contributed by atoms with Crippen molar-refractivity contribution in [3.63, 3.8) is 0 Å². The van der Waals surface area contributed by atoms with Gasteiger partial charge in [-0.05, 0) is 24.8 Å². The normalized spacial score (nSPS) is 23.5. The van der Waals surface area contributed by atoms with Crippen LogP contribution in [0.25, 0.3) is 0 Å². The third-order valence-electron chi connectivity index (χ3n) is 3.76. The molecule has 1 N–H and O–H groups in total. The molecule has 92 valence electrons. The molecule has 0 atom stereocenters. The molecular formula is C13H15ClFNO. The topological polar surface area (TPSA) is 23.5 Å². The zero-order chi connectivity index (χ0) is 12.0.